The van der Waals surface area contributed by atoms with Crippen molar-refractivity contribution < 1.29 is 9.53 Å². The summed E-state index contributed by atoms with van der Waals surface area (Å²) in [4.78, 5) is 11.7. The van der Waals surface area contributed by atoms with Crippen molar-refractivity contribution >= 4 is 5.91 Å². The van der Waals surface area contributed by atoms with Gasteiger partial charge in [-0.25, -0.2) is 0 Å². The Morgan fingerprint density at radius 2 is 2.22 bits per heavy atom. The highest BCUT2D eigenvalue weighted by atomic mass is 16.5. The zero-order valence-electron chi connectivity index (χ0n) is 10.9. The second kappa shape index (κ2) is 4.30. The first-order chi connectivity index (χ1) is 8.70. The maximum atomic E-state index is 11.7. The summed E-state index contributed by atoms with van der Waals surface area (Å²) in [6, 6.07) is 6.60. The maximum Gasteiger partial charge on any atom is 0.223 e. The van der Waals surface area contributed by atoms with Gasteiger partial charge in [0.1, 0.15) is 5.75 Å². The summed E-state index contributed by atoms with van der Waals surface area (Å²) in [5.74, 6) is 1.78. The highest BCUT2D eigenvalue weighted by Crippen LogP contribution is 2.41. The monoisotopic (exact) mass is 245 g/mol. The van der Waals surface area contributed by atoms with E-state index < -0.39 is 0 Å². The van der Waals surface area contributed by atoms with Crippen molar-refractivity contribution in [2.45, 2.75) is 38.1 Å². The van der Waals surface area contributed by atoms with Gasteiger partial charge in [-0.3, -0.25) is 4.79 Å². The van der Waals surface area contributed by atoms with Crippen LogP contribution in [-0.4, -0.2) is 19.1 Å². The van der Waals surface area contributed by atoms with E-state index in [0.29, 0.717) is 12.0 Å². The van der Waals surface area contributed by atoms with Crippen LogP contribution in [0.25, 0.3) is 0 Å². The lowest BCUT2D eigenvalue weighted by Gasteiger charge is -2.40. The van der Waals surface area contributed by atoms with Gasteiger partial charge in [0.05, 0.1) is 7.11 Å². The molecule has 0 saturated carbocycles. The fraction of sp³-hybridized carbons (Fsp3) is 0.533. The molecule has 1 saturated heterocycles. The van der Waals surface area contributed by atoms with Crippen LogP contribution < -0.4 is 10.1 Å². The van der Waals surface area contributed by atoms with E-state index in [9.17, 15) is 4.79 Å². The predicted molar refractivity (Wildman–Crippen MR) is 69.8 cm³/mol. The van der Waals surface area contributed by atoms with Crippen molar-refractivity contribution in [1.82, 2.24) is 5.32 Å². The van der Waals surface area contributed by atoms with E-state index >= 15 is 0 Å². The number of rotatable bonds is 1. The molecule has 3 heteroatoms. The number of benzene rings is 1. The number of carbonyl (C=O) groups is 1. The van der Waals surface area contributed by atoms with Gasteiger partial charge in [0, 0.05) is 17.9 Å². The minimum Gasteiger partial charge on any atom is -0.496 e. The standard InChI is InChI=1S/C15H19NO2/c1-9-8-12-10-4-3-5-14(18-2)11(10)6-7-13(12)16-15(9)17/h3-5,9,12-13H,6-8H2,1-2H3,(H,16,17). The summed E-state index contributed by atoms with van der Waals surface area (Å²) in [5, 5.41) is 3.17. The zero-order valence-corrected chi connectivity index (χ0v) is 10.9. The number of fused-ring (bicyclic) bond motifs is 3. The van der Waals surface area contributed by atoms with Gasteiger partial charge in [0.15, 0.2) is 0 Å². The summed E-state index contributed by atoms with van der Waals surface area (Å²) in [5.41, 5.74) is 2.71. The van der Waals surface area contributed by atoms with Gasteiger partial charge in [-0.15, -0.1) is 0 Å². The van der Waals surface area contributed by atoms with Crippen molar-refractivity contribution in [3.63, 3.8) is 0 Å². The molecule has 0 radical (unpaired) electrons. The number of ether oxygens (including phenoxy) is 1. The Morgan fingerprint density at radius 1 is 1.39 bits per heavy atom. The van der Waals surface area contributed by atoms with E-state index in [1.165, 1.54) is 11.1 Å². The lowest BCUT2D eigenvalue weighted by Crippen LogP contribution is -2.49. The van der Waals surface area contributed by atoms with E-state index in [4.69, 9.17) is 4.74 Å². The molecule has 18 heavy (non-hydrogen) atoms. The molecule has 1 aromatic carbocycles. The lowest BCUT2D eigenvalue weighted by molar-refractivity contribution is -0.127. The highest BCUT2D eigenvalue weighted by molar-refractivity contribution is 5.80. The Morgan fingerprint density at radius 3 is 3.00 bits per heavy atom. The fourth-order valence-electron chi connectivity index (χ4n) is 3.38. The molecule has 3 atom stereocenters. The topological polar surface area (TPSA) is 38.3 Å². The fourth-order valence-corrected chi connectivity index (χ4v) is 3.38. The van der Waals surface area contributed by atoms with Crippen LogP contribution in [0.5, 0.6) is 5.75 Å². The summed E-state index contributed by atoms with van der Waals surface area (Å²) in [6.07, 6.45) is 2.97. The molecule has 1 aliphatic heterocycles. The first-order valence-electron chi connectivity index (χ1n) is 6.67. The second-order valence-electron chi connectivity index (χ2n) is 5.43. The van der Waals surface area contributed by atoms with Gasteiger partial charge in [0.25, 0.3) is 0 Å². The number of hydrogen-bond donors (Lipinski definition) is 1. The summed E-state index contributed by atoms with van der Waals surface area (Å²) >= 11 is 0. The quantitative estimate of drug-likeness (QED) is 0.824. The maximum absolute atomic E-state index is 11.7. The molecule has 1 heterocycles. The molecule has 1 amide bonds. The first-order valence-corrected chi connectivity index (χ1v) is 6.67. The molecule has 1 aliphatic carbocycles. The number of nitrogens with one attached hydrogen (secondary N) is 1. The molecule has 2 aliphatic rings. The summed E-state index contributed by atoms with van der Waals surface area (Å²) in [6.45, 7) is 2.01. The Hall–Kier alpha value is -1.51. The zero-order chi connectivity index (χ0) is 12.7. The average Bonchev–Trinajstić information content (AvgIpc) is 2.39. The molecule has 3 unspecified atom stereocenters. The Balaban J connectivity index is 2.00. The minimum absolute atomic E-state index is 0.114. The number of piperidine rings is 1. The molecule has 0 bridgehead atoms. The van der Waals surface area contributed by atoms with Gasteiger partial charge in [-0.2, -0.15) is 0 Å². The molecule has 3 nitrogen and oxygen atoms in total. The smallest absolute Gasteiger partial charge is 0.223 e. The normalized spacial score (nSPS) is 30.1. The Labute approximate surface area is 108 Å². The Kier molecular flexibility index (Phi) is 2.77. The average molecular weight is 245 g/mol. The van der Waals surface area contributed by atoms with E-state index in [-0.39, 0.29) is 11.8 Å². The van der Waals surface area contributed by atoms with Crippen LogP contribution in [-0.2, 0) is 11.2 Å². The van der Waals surface area contributed by atoms with E-state index in [2.05, 4.69) is 17.4 Å². The molecule has 1 N–H and O–H groups in total. The summed E-state index contributed by atoms with van der Waals surface area (Å²) in [7, 11) is 1.73. The summed E-state index contributed by atoms with van der Waals surface area (Å²) < 4.78 is 5.45. The van der Waals surface area contributed by atoms with Crippen LogP contribution in [0.15, 0.2) is 18.2 Å². The molecule has 1 fully saturated rings. The lowest BCUT2D eigenvalue weighted by atomic mass is 9.72. The van der Waals surface area contributed by atoms with Gasteiger partial charge >= 0.3 is 0 Å². The van der Waals surface area contributed by atoms with Crippen molar-refractivity contribution in [1.29, 1.82) is 0 Å². The Bertz CT molecular complexity index is 483. The van der Waals surface area contributed by atoms with E-state index in [1.807, 2.05) is 13.0 Å². The van der Waals surface area contributed by atoms with Crippen LogP contribution in [0, 0.1) is 5.92 Å². The molecular formula is C15H19NO2. The van der Waals surface area contributed by atoms with E-state index in [0.717, 1.165) is 25.0 Å². The number of methoxy groups -OCH3 is 1. The van der Waals surface area contributed by atoms with Crippen molar-refractivity contribution in [2.24, 2.45) is 5.92 Å². The van der Waals surface area contributed by atoms with Crippen molar-refractivity contribution in [2.75, 3.05) is 7.11 Å². The molecule has 3 rings (SSSR count). The highest BCUT2D eigenvalue weighted by Gasteiger charge is 2.38. The number of carbonyl (C=O) groups excluding carboxylic acids is 1. The third kappa shape index (κ3) is 1.69. The van der Waals surface area contributed by atoms with Gasteiger partial charge in [0.2, 0.25) is 5.91 Å². The predicted octanol–water partition coefficient (Wildman–Crippen LogP) is 2.25. The van der Waals surface area contributed by atoms with Crippen molar-refractivity contribution in [3.8, 4) is 5.75 Å². The molecular weight excluding hydrogens is 226 g/mol. The molecule has 1 aromatic rings. The SMILES string of the molecule is COc1cccc2c1CCC1NC(=O)C(C)CC21. The molecule has 0 aromatic heterocycles. The number of amides is 1. The van der Waals surface area contributed by atoms with Gasteiger partial charge in [-0.1, -0.05) is 19.1 Å². The van der Waals surface area contributed by atoms with Crippen LogP contribution in [0.3, 0.4) is 0 Å². The third-order valence-corrected chi connectivity index (χ3v) is 4.36. The van der Waals surface area contributed by atoms with Crippen LogP contribution in [0.4, 0.5) is 0 Å². The van der Waals surface area contributed by atoms with Crippen molar-refractivity contribution in [3.05, 3.63) is 29.3 Å². The molecule has 96 valence electrons. The van der Waals surface area contributed by atoms with Crippen LogP contribution in [0.1, 0.15) is 36.8 Å². The largest absolute Gasteiger partial charge is 0.496 e. The second-order valence-corrected chi connectivity index (χ2v) is 5.43. The van der Waals surface area contributed by atoms with Crippen LogP contribution in [0.2, 0.25) is 0 Å². The minimum atomic E-state index is 0.114. The number of hydrogen-bond acceptors (Lipinski definition) is 2. The van der Waals surface area contributed by atoms with Crippen LogP contribution >= 0.6 is 0 Å². The van der Waals surface area contributed by atoms with Gasteiger partial charge in [-0.05, 0) is 36.5 Å². The van der Waals surface area contributed by atoms with Gasteiger partial charge < -0.3 is 10.1 Å². The first kappa shape index (κ1) is 11.6. The van der Waals surface area contributed by atoms with E-state index in [1.54, 1.807) is 7.11 Å². The third-order valence-electron chi connectivity index (χ3n) is 4.36. The molecule has 0 spiro atoms.